The standard InChI is InChI=1S/C21H22FN3O2S/c1-2-27-17-11-10-16(25-12-4-3-5-13-25)19-18(17)23-21(28-19)24-20(26)14-6-8-15(22)9-7-14/h6-11H,2-5,12-13H2,1H3,(H,23,24,26). The Hall–Kier alpha value is -2.67. The maximum Gasteiger partial charge on any atom is 0.257 e. The number of amides is 1. The third-order valence-corrected chi connectivity index (χ3v) is 5.80. The number of ether oxygens (including phenoxy) is 1. The lowest BCUT2D eigenvalue weighted by Gasteiger charge is -2.29. The van der Waals surface area contributed by atoms with E-state index in [1.807, 2.05) is 13.0 Å². The molecule has 3 aromatic rings. The number of thiazole rings is 1. The molecule has 0 radical (unpaired) electrons. The average molecular weight is 399 g/mol. The molecule has 7 heteroatoms. The number of rotatable bonds is 5. The second-order valence-electron chi connectivity index (χ2n) is 6.72. The van der Waals surface area contributed by atoms with Crippen LogP contribution < -0.4 is 15.0 Å². The van der Waals surface area contributed by atoms with Crippen LogP contribution in [-0.4, -0.2) is 30.6 Å². The summed E-state index contributed by atoms with van der Waals surface area (Å²) in [5, 5.41) is 3.35. The number of aromatic nitrogens is 1. The SMILES string of the molecule is CCOc1ccc(N2CCCCC2)c2sc(NC(=O)c3ccc(F)cc3)nc12. The van der Waals surface area contributed by atoms with Gasteiger partial charge >= 0.3 is 0 Å². The number of benzene rings is 2. The fourth-order valence-corrected chi connectivity index (χ4v) is 4.47. The van der Waals surface area contributed by atoms with Crippen molar-refractivity contribution in [2.24, 2.45) is 0 Å². The number of nitrogens with zero attached hydrogens (tertiary/aromatic N) is 2. The van der Waals surface area contributed by atoms with Gasteiger partial charge in [0.05, 0.1) is 17.0 Å². The number of hydrogen-bond acceptors (Lipinski definition) is 5. The first-order chi connectivity index (χ1) is 13.7. The first-order valence-electron chi connectivity index (χ1n) is 9.54. The van der Waals surface area contributed by atoms with Gasteiger partial charge < -0.3 is 9.64 Å². The van der Waals surface area contributed by atoms with Crippen LogP contribution in [0.3, 0.4) is 0 Å². The van der Waals surface area contributed by atoms with Gasteiger partial charge in [-0.25, -0.2) is 9.37 Å². The smallest absolute Gasteiger partial charge is 0.257 e. The highest BCUT2D eigenvalue weighted by atomic mass is 32.1. The average Bonchev–Trinajstić information content (AvgIpc) is 3.13. The first kappa shape index (κ1) is 18.7. The van der Waals surface area contributed by atoms with E-state index in [2.05, 4.69) is 21.3 Å². The Kier molecular flexibility index (Phi) is 5.43. The summed E-state index contributed by atoms with van der Waals surface area (Å²) >= 11 is 1.44. The highest BCUT2D eigenvalue weighted by Gasteiger charge is 2.20. The molecule has 1 aromatic heterocycles. The number of anilines is 2. The highest BCUT2D eigenvalue weighted by molar-refractivity contribution is 7.23. The summed E-state index contributed by atoms with van der Waals surface area (Å²) in [7, 11) is 0. The van der Waals surface area contributed by atoms with E-state index in [1.54, 1.807) is 0 Å². The van der Waals surface area contributed by atoms with Crippen LogP contribution in [0, 0.1) is 5.82 Å². The maximum absolute atomic E-state index is 13.1. The van der Waals surface area contributed by atoms with Crippen molar-refractivity contribution < 1.29 is 13.9 Å². The third kappa shape index (κ3) is 3.80. The van der Waals surface area contributed by atoms with E-state index in [0.29, 0.717) is 17.3 Å². The molecule has 0 unspecified atom stereocenters. The zero-order valence-electron chi connectivity index (χ0n) is 15.7. The Morgan fingerprint density at radius 2 is 1.93 bits per heavy atom. The molecule has 0 spiro atoms. The Labute approximate surface area is 167 Å². The molecule has 0 aliphatic carbocycles. The van der Waals surface area contributed by atoms with Gasteiger partial charge in [0.1, 0.15) is 17.1 Å². The quantitative estimate of drug-likeness (QED) is 0.650. The number of hydrogen-bond donors (Lipinski definition) is 1. The number of carbonyl (C=O) groups excluding carboxylic acids is 1. The lowest BCUT2D eigenvalue weighted by molar-refractivity contribution is 0.102. The van der Waals surface area contributed by atoms with Crippen LogP contribution in [0.1, 0.15) is 36.5 Å². The van der Waals surface area contributed by atoms with Crippen molar-refractivity contribution in [1.29, 1.82) is 0 Å². The Morgan fingerprint density at radius 1 is 1.18 bits per heavy atom. The largest absolute Gasteiger partial charge is 0.492 e. The van der Waals surface area contributed by atoms with Crippen molar-refractivity contribution >= 4 is 38.3 Å². The predicted octanol–water partition coefficient (Wildman–Crippen LogP) is 5.08. The summed E-state index contributed by atoms with van der Waals surface area (Å²) in [5.41, 5.74) is 2.30. The van der Waals surface area contributed by atoms with Gasteiger partial charge in [0, 0.05) is 18.7 Å². The molecule has 5 nitrogen and oxygen atoms in total. The van der Waals surface area contributed by atoms with Crippen molar-refractivity contribution in [3.63, 3.8) is 0 Å². The van der Waals surface area contributed by atoms with E-state index in [9.17, 15) is 9.18 Å². The maximum atomic E-state index is 13.1. The topological polar surface area (TPSA) is 54.5 Å². The molecule has 1 fully saturated rings. The van der Waals surface area contributed by atoms with E-state index < -0.39 is 0 Å². The molecule has 1 aliphatic heterocycles. The Morgan fingerprint density at radius 3 is 2.64 bits per heavy atom. The monoisotopic (exact) mass is 399 g/mol. The molecular weight excluding hydrogens is 377 g/mol. The molecule has 0 saturated carbocycles. The molecule has 0 atom stereocenters. The molecule has 0 bridgehead atoms. The minimum Gasteiger partial charge on any atom is -0.492 e. The van der Waals surface area contributed by atoms with Gasteiger partial charge in [-0.15, -0.1) is 0 Å². The van der Waals surface area contributed by atoms with Gasteiger partial charge in [-0.2, -0.15) is 0 Å². The van der Waals surface area contributed by atoms with Crippen molar-refractivity contribution in [2.75, 3.05) is 29.9 Å². The molecule has 1 amide bonds. The van der Waals surface area contributed by atoms with Crippen LogP contribution >= 0.6 is 11.3 Å². The van der Waals surface area contributed by atoms with Crippen LogP contribution in [0.5, 0.6) is 5.75 Å². The zero-order chi connectivity index (χ0) is 19.5. The van der Waals surface area contributed by atoms with E-state index in [0.717, 1.165) is 34.7 Å². The molecule has 28 heavy (non-hydrogen) atoms. The summed E-state index contributed by atoms with van der Waals surface area (Å²) in [6.07, 6.45) is 3.63. The molecule has 2 heterocycles. The van der Waals surface area contributed by atoms with E-state index >= 15 is 0 Å². The van der Waals surface area contributed by atoms with Crippen molar-refractivity contribution in [3.8, 4) is 5.75 Å². The van der Waals surface area contributed by atoms with E-state index in [4.69, 9.17) is 4.74 Å². The molecule has 146 valence electrons. The number of carbonyl (C=O) groups is 1. The first-order valence-corrected chi connectivity index (χ1v) is 10.4. The lowest BCUT2D eigenvalue weighted by Crippen LogP contribution is -2.29. The van der Waals surface area contributed by atoms with Gasteiger partial charge in [0.2, 0.25) is 0 Å². The fraction of sp³-hybridized carbons (Fsp3) is 0.333. The summed E-state index contributed by atoms with van der Waals surface area (Å²) in [4.78, 5) is 19.5. The molecule has 1 N–H and O–H groups in total. The molecular formula is C21H22FN3O2S. The second-order valence-corrected chi connectivity index (χ2v) is 7.72. The van der Waals surface area contributed by atoms with Gasteiger partial charge in [-0.05, 0) is 62.6 Å². The van der Waals surface area contributed by atoms with Gasteiger partial charge in [0.15, 0.2) is 5.13 Å². The van der Waals surface area contributed by atoms with E-state index in [1.165, 1.54) is 54.9 Å². The van der Waals surface area contributed by atoms with Crippen molar-refractivity contribution in [3.05, 3.63) is 47.8 Å². The number of nitrogens with one attached hydrogen (secondary N) is 1. The van der Waals surface area contributed by atoms with Crippen molar-refractivity contribution in [1.82, 2.24) is 4.98 Å². The van der Waals surface area contributed by atoms with Gasteiger partial charge in [-0.3, -0.25) is 10.1 Å². The molecule has 1 aliphatic rings. The Bertz CT molecular complexity index is 981. The summed E-state index contributed by atoms with van der Waals surface area (Å²) in [6.45, 7) is 4.54. The molecule has 2 aromatic carbocycles. The summed E-state index contributed by atoms with van der Waals surface area (Å²) < 4.78 is 19.9. The van der Waals surface area contributed by atoms with Crippen LogP contribution in [0.25, 0.3) is 10.2 Å². The van der Waals surface area contributed by atoms with Crippen LogP contribution in [-0.2, 0) is 0 Å². The number of halogens is 1. The number of fused-ring (bicyclic) bond motifs is 1. The van der Waals surface area contributed by atoms with Crippen LogP contribution in [0.2, 0.25) is 0 Å². The summed E-state index contributed by atoms with van der Waals surface area (Å²) in [6, 6.07) is 9.51. The molecule has 1 saturated heterocycles. The second kappa shape index (κ2) is 8.14. The highest BCUT2D eigenvalue weighted by Crippen LogP contribution is 2.40. The van der Waals surface area contributed by atoms with Gasteiger partial charge in [0.25, 0.3) is 5.91 Å². The van der Waals surface area contributed by atoms with Crippen LogP contribution in [0.4, 0.5) is 15.2 Å². The lowest BCUT2D eigenvalue weighted by atomic mass is 10.1. The summed E-state index contributed by atoms with van der Waals surface area (Å²) in [5.74, 6) is 0.0393. The van der Waals surface area contributed by atoms with E-state index in [-0.39, 0.29) is 11.7 Å². The normalized spacial score (nSPS) is 14.3. The van der Waals surface area contributed by atoms with Crippen LogP contribution in [0.15, 0.2) is 36.4 Å². The predicted molar refractivity (Wildman–Crippen MR) is 111 cm³/mol. The number of piperidine rings is 1. The third-order valence-electron chi connectivity index (χ3n) is 4.81. The minimum absolute atomic E-state index is 0.309. The molecule has 4 rings (SSSR count). The van der Waals surface area contributed by atoms with Crippen molar-refractivity contribution in [2.45, 2.75) is 26.2 Å². The minimum atomic E-state index is -0.371. The van der Waals surface area contributed by atoms with Gasteiger partial charge in [-0.1, -0.05) is 11.3 Å². The fourth-order valence-electron chi connectivity index (χ4n) is 3.45. The Balaban J connectivity index is 1.68. The zero-order valence-corrected chi connectivity index (χ0v) is 16.5.